The largest absolute Gasteiger partial charge is 0.481 e. The van der Waals surface area contributed by atoms with Gasteiger partial charge in [-0.1, -0.05) is 0 Å². The molecule has 0 aromatic carbocycles. The van der Waals surface area contributed by atoms with E-state index in [2.05, 4.69) is 9.88 Å². The Hall–Kier alpha value is -1.98. The smallest absolute Gasteiger partial charge is 0.410 e. The fourth-order valence-electron chi connectivity index (χ4n) is 2.15. The average molecular weight is 293 g/mol. The fraction of sp³-hybridized carbons (Fsp3) is 0.600. The molecule has 0 N–H and O–H groups in total. The molecule has 1 saturated heterocycles. The maximum absolute atomic E-state index is 12.0. The monoisotopic (exact) mass is 293 g/mol. The van der Waals surface area contributed by atoms with Crippen LogP contribution in [0.4, 0.5) is 10.5 Å². The summed E-state index contributed by atoms with van der Waals surface area (Å²) >= 11 is 0. The van der Waals surface area contributed by atoms with Gasteiger partial charge in [0.05, 0.1) is 19.0 Å². The second kappa shape index (κ2) is 6.20. The number of piperazine rings is 1. The SMILES string of the molecule is COc1ccc(N2CCN(C(=O)OC(C)(C)C)CC2)cn1. The molecule has 1 aliphatic rings. The molecular formula is C15H23N3O3. The van der Waals surface area contributed by atoms with Gasteiger partial charge in [0.15, 0.2) is 0 Å². The zero-order valence-corrected chi connectivity index (χ0v) is 13.1. The van der Waals surface area contributed by atoms with Crippen LogP contribution in [-0.2, 0) is 4.74 Å². The van der Waals surface area contributed by atoms with Crippen molar-refractivity contribution in [2.75, 3.05) is 38.2 Å². The highest BCUT2D eigenvalue weighted by Crippen LogP contribution is 2.19. The summed E-state index contributed by atoms with van der Waals surface area (Å²) in [6.45, 7) is 8.49. The van der Waals surface area contributed by atoms with Gasteiger partial charge >= 0.3 is 6.09 Å². The number of amides is 1. The van der Waals surface area contributed by atoms with Crippen LogP contribution in [0, 0.1) is 0 Å². The Morgan fingerprint density at radius 2 is 1.86 bits per heavy atom. The first kappa shape index (κ1) is 15.4. The number of hydrogen-bond acceptors (Lipinski definition) is 5. The molecular weight excluding hydrogens is 270 g/mol. The maximum atomic E-state index is 12.0. The highest BCUT2D eigenvalue weighted by Gasteiger charge is 2.25. The van der Waals surface area contributed by atoms with Crippen molar-refractivity contribution in [1.82, 2.24) is 9.88 Å². The minimum atomic E-state index is -0.450. The Labute approximate surface area is 125 Å². The van der Waals surface area contributed by atoms with E-state index in [-0.39, 0.29) is 6.09 Å². The number of carbonyl (C=O) groups is 1. The summed E-state index contributed by atoms with van der Waals surface area (Å²) in [6.07, 6.45) is 1.55. The number of methoxy groups -OCH3 is 1. The molecule has 6 heteroatoms. The van der Waals surface area contributed by atoms with Crippen molar-refractivity contribution in [2.45, 2.75) is 26.4 Å². The van der Waals surface area contributed by atoms with Crippen molar-refractivity contribution < 1.29 is 14.3 Å². The summed E-state index contributed by atoms with van der Waals surface area (Å²) in [5.74, 6) is 0.603. The van der Waals surface area contributed by atoms with Gasteiger partial charge in [-0.2, -0.15) is 0 Å². The first-order chi connectivity index (χ1) is 9.89. The van der Waals surface area contributed by atoms with Gasteiger partial charge in [-0.25, -0.2) is 9.78 Å². The molecule has 1 fully saturated rings. The Balaban J connectivity index is 1.89. The summed E-state index contributed by atoms with van der Waals surface area (Å²) in [6, 6.07) is 3.82. The van der Waals surface area contributed by atoms with Crippen molar-refractivity contribution in [3.05, 3.63) is 18.3 Å². The van der Waals surface area contributed by atoms with Gasteiger partial charge in [0, 0.05) is 32.2 Å². The lowest BCUT2D eigenvalue weighted by Gasteiger charge is -2.36. The molecule has 1 aromatic rings. The highest BCUT2D eigenvalue weighted by molar-refractivity contribution is 5.68. The van der Waals surface area contributed by atoms with Gasteiger partial charge in [0.2, 0.25) is 5.88 Å². The van der Waals surface area contributed by atoms with E-state index in [1.165, 1.54) is 0 Å². The highest BCUT2D eigenvalue weighted by atomic mass is 16.6. The van der Waals surface area contributed by atoms with Gasteiger partial charge in [0.25, 0.3) is 0 Å². The van der Waals surface area contributed by atoms with E-state index >= 15 is 0 Å². The zero-order valence-electron chi connectivity index (χ0n) is 13.1. The summed E-state index contributed by atoms with van der Waals surface area (Å²) in [7, 11) is 1.60. The maximum Gasteiger partial charge on any atom is 0.410 e. The molecule has 0 saturated carbocycles. The number of hydrogen-bond donors (Lipinski definition) is 0. The Morgan fingerprint density at radius 1 is 1.19 bits per heavy atom. The Kier molecular flexibility index (Phi) is 4.55. The molecule has 1 aromatic heterocycles. The van der Waals surface area contributed by atoms with Crippen molar-refractivity contribution in [2.24, 2.45) is 0 Å². The second-order valence-electron chi connectivity index (χ2n) is 6.01. The van der Waals surface area contributed by atoms with Crippen molar-refractivity contribution >= 4 is 11.8 Å². The van der Waals surface area contributed by atoms with Gasteiger partial charge in [0.1, 0.15) is 5.60 Å². The van der Waals surface area contributed by atoms with Crippen LogP contribution in [0.2, 0.25) is 0 Å². The van der Waals surface area contributed by atoms with E-state index in [0.29, 0.717) is 19.0 Å². The predicted molar refractivity (Wildman–Crippen MR) is 80.8 cm³/mol. The number of carbonyl (C=O) groups excluding carboxylic acids is 1. The molecule has 2 rings (SSSR count). The van der Waals surface area contributed by atoms with Crippen LogP contribution in [0.1, 0.15) is 20.8 Å². The van der Waals surface area contributed by atoms with E-state index in [1.807, 2.05) is 32.9 Å². The van der Waals surface area contributed by atoms with Crippen LogP contribution in [0.5, 0.6) is 5.88 Å². The van der Waals surface area contributed by atoms with E-state index in [1.54, 1.807) is 18.2 Å². The van der Waals surface area contributed by atoms with Crippen LogP contribution in [0.25, 0.3) is 0 Å². The lowest BCUT2D eigenvalue weighted by molar-refractivity contribution is 0.0240. The molecule has 116 valence electrons. The van der Waals surface area contributed by atoms with E-state index in [9.17, 15) is 4.79 Å². The number of anilines is 1. The minimum absolute atomic E-state index is 0.241. The molecule has 0 aliphatic carbocycles. The lowest BCUT2D eigenvalue weighted by atomic mass is 10.2. The number of rotatable bonds is 2. The van der Waals surface area contributed by atoms with Gasteiger partial charge in [-0.15, -0.1) is 0 Å². The number of ether oxygens (including phenoxy) is 2. The van der Waals surface area contributed by atoms with Gasteiger partial charge < -0.3 is 19.3 Å². The predicted octanol–water partition coefficient (Wildman–Crippen LogP) is 2.15. The third-order valence-electron chi connectivity index (χ3n) is 3.23. The van der Waals surface area contributed by atoms with Crippen LogP contribution >= 0.6 is 0 Å². The Bertz CT molecular complexity index is 474. The zero-order chi connectivity index (χ0) is 15.5. The first-order valence-electron chi connectivity index (χ1n) is 7.12. The summed E-state index contributed by atoms with van der Waals surface area (Å²) in [5, 5.41) is 0. The number of aromatic nitrogens is 1. The van der Waals surface area contributed by atoms with Crippen LogP contribution in [-0.4, -0.2) is 54.9 Å². The van der Waals surface area contributed by atoms with Crippen LogP contribution in [0.3, 0.4) is 0 Å². The lowest BCUT2D eigenvalue weighted by Crippen LogP contribution is -2.50. The minimum Gasteiger partial charge on any atom is -0.481 e. The normalized spacial score (nSPS) is 15.8. The van der Waals surface area contributed by atoms with Crippen molar-refractivity contribution in [1.29, 1.82) is 0 Å². The molecule has 0 unspecified atom stereocenters. The molecule has 0 spiro atoms. The third kappa shape index (κ3) is 4.24. The fourth-order valence-corrected chi connectivity index (χ4v) is 2.15. The molecule has 1 amide bonds. The van der Waals surface area contributed by atoms with Crippen LogP contribution < -0.4 is 9.64 Å². The second-order valence-corrected chi connectivity index (χ2v) is 6.01. The average Bonchev–Trinajstić information content (AvgIpc) is 2.46. The molecule has 0 atom stereocenters. The number of pyridine rings is 1. The van der Waals surface area contributed by atoms with Gasteiger partial charge in [-0.3, -0.25) is 0 Å². The summed E-state index contributed by atoms with van der Waals surface area (Å²) in [5.41, 5.74) is 0.591. The Morgan fingerprint density at radius 3 is 2.33 bits per heavy atom. The standard InChI is InChI=1S/C15H23N3O3/c1-15(2,3)21-14(19)18-9-7-17(8-10-18)12-5-6-13(20-4)16-11-12/h5-6,11H,7-10H2,1-4H3. The molecule has 2 heterocycles. The molecule has 1 aliphatic heterocycles. The summed E-state index contributed by atoms with van der Waals surface area (Å²) < 4.78 is 10.4. The van der Waals surface area contributed by atoms with E-state index in [0.717, 1.165) is 18.8 Å². The molecule has 0 radical (unpaired) electrons. The third-order valence-corrected chi connectivity index (χ3v) is 3.23. The van der Waals surface area contributed by atoms with Crippen molar-refractivity contribution in [3.8, 4) is 5.88 Å². The first-order valence-corrected chi connectivity index (χ1v) is 7.12. The van der Waals surface area contributed by atoms with Crippen LogP contribution in [0.15, 0.2) is 18.3 Å². The van der Waals surface area contributed by atoms with E-state index < -0.39 is 5.60 Å². The molecule has 0 bridgehead atoms. The molecule has 6 nitrogen and oxygen atoms in total. The van der Waals surface area contributed by atoms with E-state index in [4.69, 9.17) is 9.47 Å². The van der Waals surface area contributed by atoms with Crippen molar-refractivity contribution in [3.63, 3.8) is 0 Å². The quantitative estimate of drug-likeness (QED) is 0.836. The molecule has 21 heavy (non-hydrogen) atoms. The summed E-state index contributed by atoms with van der Waals surface area (Å²) in [4.78, 5) is 20.2. The number of nitrogens with zero attached hydrogens (tertiary/aromatic N) is 3. The topological polar surface area (TPSA) is 54.9 Å². The van der Waals surface area contributed by atoms with Gasteiger partial charge in [-0.05, 0) is 26.8 Å².